The van der Waals surface area contributed by atoms with Crippen LogP contribution in [0.3, 0.4) is 0 Å². The van der Waals surface area contributed by atoms with Crippen LogP contribution in [0.25, 0.3) is 0 Å². The summed E-state index contributed by atoms with van der Waals surface area (Å²) in [5.74, 6) is 0.778. The van der Waals surface area contributed by atoms with Crippen molar-refractivity contribution in [2.45, 2.75) is 143 Å². The van der Waals surface area contributed by atoms with Gasteiger partial charge in [0, 0.05) is 0 Å². The molecule has 2 aromatic rings. The van der Waals surface area contributed by atoms with Crippen molar-refractivity contribution in [3.8, 4) is 11.5 Å². The maximum atomic E-state index is 11.5. The normalized spacial score (nSPS) is 22.1. The van der Waals surface area contributed by atoms with Gasteiger partial charge in [-0.3, -0.25) is 0 Å². The molecule has 2 aromatic carbocycles. The Labute approximate surface area is 272 Å². The molecular formula is C36H54BrCoN2O2+. The molecule has 2 atom stereocenters. The summed E-state index contributed by atoms with van der Waals surface area (Å²) in [6.45, 7) is 26.4. The SMILES string of the molecule is CC(C)(C)c1cc(C=[N+]2[Co][N+](=Cc3cc(C(C)(C)C)cc(C(C)(C)C)c3O)[C@@H]3CCCC[C@H]32)c(O)c(C(C)(C)C)c1.[Br-]. The topological polar surface area (TPSA) is 46.5 Å². The third-order valence-corrected chi connectivity index (χ3v) is 10.0. The molecule has 2 fully saturated rings. The summed E-state index contributed by atoms with van der Waals surface area (Å²) in [6.07, 6.45) is 9.09. The molecule has 0 spiro atoms. The second-order valence-corrected chi connectivity index (χ2v) is 17.6. The Morgan fingerprint density at radius 3 is 1.21 bits per heavy atom. The molecule has 1 saturated carbocycles. The Hall–Kier alpha value is -1.63. The number of aromatic hydroxyl groups is 2. The predicted octanol–water partition coefficient (Wildman–Crippen LogP) is 5.09. The minimum absolute atomic E-state index is 0. The van der Waals surface area contributed by atoms with Gasteiger partial charge in [0.15, 0.2) is 0 Å². The molecule has 0 unspecified atom stereocenters. The molecule has 0 radical (unpaired) electrons. The van der Waals surface area contributed by atoms with Gasteiger partial charge in [0.2, 0.25) is 0 Å². The van der Waals surface area contributed by atoms with Crippen molar-refractivity contribution in [3.05, 3.63) is 57.6 Å². The Morgan fingerprint density at radius 2 is 0.929 bits per heavy atom. The number of phenolic OH excluding ortho intramolecular Hbond substituents is 2. The molecular weight excluding hydrogens is 631 g/mol. The van der Waals surface area contributed by atoms with Gasteiger partial charge >= 0.3 is 257 Å². The fourth-order valence-corrected chi connectivity index (χ4v) is 7.45. The fourth-order valence-electron chi connectivity index (χ4n) is 5.83. The minimum atomic E-state index is -0.163. The molecule has 0 aromatic heterocycles. The van der Waals surface area contributed by atoms with E-state index in [1.54, 1.807) is 0 Å². The number of nitrogens with zero attached hydrogens (tertiary/aromatic N) is 2. The van der Waals surface area contributed by atoms with Crippen molar-refractivity contribution in [2.24, 2.45) is 0 Å². The van der Waals surface area contributed by atoms with Crippen molar-refractivity contribution in [3.63, 3.8) is 0 Å². The maximum absolute atomic E-state index is 11.5. The van der Waals surface area contributed by atoms with E-state index >= 15 is 0 Å². The quantitative estimate of drug-likeness (QED) is 0.463. The van der Waals surface area contributed by atoms with E-state index in [2.05, 4.69) is 127 Å². The van der Waals surface area contributed by atoms with Crippen LogP contribution in [0.1, 0.15) is 142 Å². The molecule has 4 nitrogen and oxygen atoms in total. The first kappa shape index (κ1) is 34.9. The molecule has 1 saturated heterocycles. The summed E-state index contributed by atoms with van der Waals surface area (Å²) in [5, 5.41) is 23.0. The van der Waals surface area contributed by atoms with Crippen molar-refractivity contribution in [1.29, 1.82) is 0 Å². The van der Waals surface area contributed by atoms with Crippen LogP contribution in [0.5, 0.6) is 11.5 Å². The van der Waals surface area contributed by atoms with Gasteiger partial charge in [-0.2, -0.15) is 0 Å². The van der Waals surface area contributed by atoms with Crippen LogP contribution in [-0.4, -0.2) is 42.0 Å². The zero-order valence-corrected chi connectivity index (χ0v) is 30.6. The van der Waals surface area contributed by atoms with E-state index in [1.165, 1.54) is 24.0 Å². The van der Waals surface area contributed by atoms with E-state index in [9.17, 15) is 10.2 Å². The molecule has 0 amide bonds. The van der Waals surface area contributed by atoms with Crippen LogP contribution in [0.4, 0.5) is 0 Å². The van der Waals surface area contributed by atoms with Crippen LogP contribution in [0.15, 0.2) is 24.3 Å². The van der Waals surface area contributed by atoms with Crippen LogP contribution in [0, 0.1) is 0 Å². The third-order valence-electron chi connectivity index (χ3n) is 8.59. The van der Waals surface area contributed by atoms with E-state index in [-0.39, 0.29) is 38.6 Å². The average Bonchev–Trinajstić information content (AvgIpc) is 3.15. The van der Waals surface area contributed by atoms with Crippen LogP contribution in [-0.2, 0) is 36.8 Å². The number of phenols is 2. The largest absolute Gasteiger partial charge is 1.00 e. The molecule has 2 N–H and O–H groups in total. The van der Waals surface area contributed by atoms with Gasteiger partial charge in [0.05, 0.1) is 0 Å². The number of halogens is 1. The summed E-state index contributed by atoms with van der Waals surface area (Å²) in [7, 11) is 0. The summed E-state index contributed by atoms with van der Waals surface area (Å²) in [5.41, 5.74) is 5.89. The number of fused-ring (bicyclic) bond motifs is 1. The summed E-state index contributed by atoms with van der Waals surface area (Å²) in [4.78, 5) is 0. The number of hydrogen-bond donors (Lipinski definition) is 2. The van der Waals surface area contributed by atoms with E-state index in [0.29, 0.717) is 23.6 Å². The van der Waals surface area contributed by atoms with Crippen LogP contribution in [0.2, 0.25) is 0 Å². The summed E-state index contributed by atoms with van der Waals surface area (Å²) < 4.78 is 4.83. The second kappa shape index (κ2) is 12.0. The molecule has 0 bridgehead atoms. The smallest absolute Gasteiger partial charge is 1.00 e. The van der Waals surface area contributed by atoms with Gasteiger partial charge < -0.3 is 17.0 Å². The van der Waals surface area contributed by atoms with E-state index in [0.717, 1.165) is 50.2 Å². The summed E-state index contributed by atoms with van der Waals surface area (Å²) in [6, 6.07) is 9.47. The Balaban J connectivity index is 0.00000484. The van der Waals surface area contributed by atoms with Gasteiger partial charge in [-0.05, 0) is 0 Å². The Kier molecular flexibility index (Phi) is 9.99. The predicted molar refractivity (Wildman–Crippen MR) is 168 cm³/mol. The van der Waals surface area contributed by atoms with Gasteiger partial charge in [0.1, 0.15) is 0 Å². The maximum Gasteiger partial charge on any atom is -1.00 e. The molecule has 1 aliphatic heterocycles. The molecule has 2 aliphatic rings. The Morgan fingerprint density at radius 1 is 0.595 bits per heavy atom. The average molecular weight is 686 g/mol. The Bertz CT molecular complexity index is 1280. The monoisotopic (exact) mass is 684 g/mol. The zero-order valence-electron chi connectivity index (χ0n) is 27.9. The summed E-state index contributed by atoms with van der Waals surface area (Å²) >= 11 is 1.10. The van der Waals surface area contributed by atoms with Crippen molar-refractivity contribution >= 4 is 12.4 Å². The van der Waals surface area contributed by atoms with Crippen molar-refractivity contribution in [1.82, 2.24) is 0 Å². The van der Waals surface area contributed by atoms with Gasteiger partial charge in [0.25, 0.3) is 0 Å². The minimum Gasteiger partial charge on any atom is -1.00 e. The number of hydrogen-bond acceptors (Lipinski definition) is 2. The molecule has 6 heteroatoms. The van der Waals surface area contributed by atoms with Crippen molar-refractivity contribution < 1.29 is 49.6 Å². The number of rotatable bonds is 2. The van der Waals surface area contributed by atoms with Gasteiger partial charge in [-0.25, -0.2) is 0 Å². The molecule has 235 valence electrons. The van der Waals surface area contributed by atoms with Crippen LogP contribution >= 0.6 is 0 Å². The zero-order chi connectivity index (χ0) is 30.7. The number of benzene rings is 2. The standard InChI is InChI=1S/C36H54N2O2.BrH.Co/c1-33(2,3)25-17-23(31(39)27(19-25)35(7,8)9)21-37-29-15-13-14-16-30(29)38-22-24-18-26(34(4,5)6)20-28(32(24)40)36(10,11)12;;/h17-22,29-30,39-40H,13-16H2,1-12H3;1H;/q;;+2/p-1/t29-,30-;;/m1../s1. The van der Waals surface area contributed by atoms with Gasteiger partial charge in [-0.1, -0.05) is 0 Å². The molecule has 1 aliphatic carbocycles. The van der Waals surface area contributed by atoms with Crippen molar-refractivity contribution in [2.75, 3.05) is 0 Å². The fraction of sp³-hybridized carbons (Fsp3) is 0.611. The van der Waals surface area contributed by atoms with E-state index < -0.39 is 0 Å². The van der Waals surface area contributed by atoms with Crippen LogP contribution < -0.4 is 17.0 Å². The molecule has 42 heavy (non-hydrogen) atoms. The molecule has 4 rings (SSSR count). The van der Waals surface area contributed by atoms with E-state index in [1.807, 2.05) is 0 Å². The van der Waals surface area contributed by atoms with E-state index in [4.69, 9.17) is 0 Å². The van der Waals surface area contributed by atoms with Gasteiger partial charge in [-0.15, -0.1) is 0 Å². The first-order valence-electron chi connectivity index (χ1n) is 15.3. The molecule has 1 heterocycles. The third kappa shape index (κ3) is 7.35. The second-order valence-electron chi connectivity index (χ2n) is 16.3. The first-order chi connectivity index (χ1) is 18.7. The first-order valence-corrected chi connectivity index (χ1v) is 16.2.